The van der Waals surface area contributed by atoms with E-state index >= 15 is 0 Å². The number of rotatable bonds is 4. The third-order valence-electron chi connectivity index (χ3n) is 6.53. The Hall–Kier alpha value is -1.98. The number of Topliss-reactive ketones (excluding diaryl/α,β-unsaturated/α-hetero) is 2. The molecule has 0 saturated heterocycles. The maximum absolute atomic E-state index is 13.2. The lowest BCUT2D eigenvalue weighted by Gasteiger charge is -2.37. The van der Waals surface area contributed by atoms with Gasteiger partial charge in [-0.25, -0.2) is 0 Å². The van der Waals surface area contributed by atoms with Crippen LogP contribution in [0, 0.1) is 0 Å². The Bertz CT molecular complexity index is 1240. The summed E-state index contributed by atoms with van der Waals surface area (Å²) in [6, 6.07) is 8.52. The smallest absolute Gasteiger partial charge is 0.161 e. The maximum Gasteiger partial charge on any atom is 0.161 e. The number of carbonyl (C=O) groups is 2. The fourth-order valence-electron chi connectivity index (χ4n) is 5.03. The van der Waals surface area contributed by atoms with Crippen molar-refractivity contribution in [2.45, 2.75) is 51.0 Å². The molecule has 176 valence electrons. The molecule has 3 aliphatic rings. The van der Waals surface area contributed by atoms with Crippen LogP contribution in [0.3, 0.4) is 0 Å². The fourth-order valence-corrected chi connectivity index (χ4v) is 6.06. The van der Waals surface area contributed by atoms with Crippen molar-refractivity contribution in [3.63, 3.8) is 0 Å². The highest BCUT2D eigenvalue weighted by Crippen LogP contribution is 2.49. The lowest BCUT2D eigenvalue weighted by Crippen LogP contribution is -2.36. The molecule has 4 nitrogen and oxygen atoms in total. The van der Waals surface area contributed by atoms with Gasteiger partial charge in [-0.05, 0) is 49.9 Å². The molecule has 8 heteroatoms. The van der Waals surface area contributed by atoms with Gasteiger partial charge in [0.15, 0.2) is 11.6 Å². The van der Waals surface area contributed by atoms with E-state index in [9.17, 15) is 9.59 Å². The summed E-state index contributed by atoms with van der Waals surface area (Å²) in [5.74, 6) is -0.115. The largest absolute Gasteiger partial charge is 0.487 e. The van der Waals surface area contributed by atoms with Crippen LogP contribution < -0.4 is 10.1 Å². The molecule has 5 rings (SSSR count). The van der Waals surface area contributed by atoms with Crippen LogP contribution in [0.25, 0.3) is 0 Å². The zero-order chi connectivity index (χ0) is 24.0. The summed E-state index contributed by atoms with van der Waals surface area (Å²) >= 11 is 25.4. The second-order valence-electron chi connectivity index (χ2n) is 8.73. The van der Waals surface area contributed by atoms with Gasteiger partial charge in [0.25, 0.3) is 0 Å². The molecule has 2 aliphatic carbocycles. The predicted octanol–water partition coefficient (Wildman–Crippen LogP) is 7.58. The lowest BCUT2D eigenvalue weighted by molar-refractivity contribution is -0.116. The molecular weight excluding hydrogens is 516 g/mol. The molecule has 0 saturated carbocycles. The summed E-state index contributed by atoms with van der Waals surface area (Å²) in [6.07, 6.45) is 3.96. The van der Waals surface area contributed by atoms with Gasteiger partial charge < -0.3 is 10.1 Å². The van der Waals surface area contributed by atoms with Crippen LogP contribution in [0.4, 0.5) is 0 Å². The van der Waals surface area contributed by atoms with Gasteiger partial charge in [-0.2, -0.15) is 0 Å². The predicted molar refractivity (Wildman–Crippen MR) is 135 cm³/mol. The summed E-state index contributed by atoms with van der Waals surface area (Å²) in [7, 11) is 0. The van der Waals surface area contributed by atoms with Crippen LogP contribution in [0.5, 0.6) is 5.75 Å². The van der Waals surface area contributed by atoms with E-state index in [0.717, 1.165) is 42.6 Å². The van der Waals surface area contributed by atoms with E-state index in [-0.39, 0.29) is 18.2 Å². The van der Waals surface area contributed by atoms with Crippen LogP contribution in [-0.2, 0) is 16.2 Å². The summed E-state index contributed by atoms with van der Waals surface area (Å²) in [6.45, 7) is 0.134. The third-order valence-corrected chi connectivity index (χ3v) is 7.61. The van der Waals surface area contributed by atoms with Crippen LogP contribution in [0.1, 0.15) is 55.6 Å². The van der Waals surface area contributed by atoms with Crippen molar-refractivity contribution in [2.24, 2.45) is 0 Å². The molecule has 34 heavy (non-hydrogen) atoms. The lowest BCUT2D eigenvalue weighted by atomic mass is 9.71. The highest BCUT2D eigenvalue weighted by atomic mass is 35.5. The molecule has 1 aliphatic heterocycles. The Labute approximate surface area is 217 Å². The monoisotopic (exact) mass is 535 g/mol. The fraction of sp³-hybridized carbons (Fsp3) is 0.308. The first kappa shape index (κ1) is 23.7. The van der Waals surface area contributed by atoms with Crippen molar-refractivity contribution in [1.82, 2.24) is 5.32 Å². The van der Waals surface area contributed by atoms with Crippen molar-refractivity contribution in [2.75, 3.05) is 0 Å². The van der Waals surface area contributed by atoms with Gasteiger partial charge in [-0.15, -0.1) is 0 Å². The third kappa shape index (κ3) is 4.37. The topological polar surface area (TPSA) is 55.4 Å². The molecule has 0 atom stereocenters. The van der Waals surface area contributed by atoms with Gasteiger partial charge in [-0.3, -0.25) is 9.59 Å². The minimum absolute atomic E-state index is 0.0338. The van der Waals surface area contributed by atoms with Crippen LogP contribution >= 0.6 is 46.4 Å². The minimum atomic E-state index is -0.571. The van der Waals surface area contributed by atoms with E-state index in [1.54, 1.807) is 30.3 Å². The summed E-state index contributed by atoms with van der Waals surface area (Å²) < 4.78 is 6.21. The SMILES string of the molecule is O=C1CCCC2=C1C(c1cc(Cl)cc(Cl)c1OCc1ccc(Cl)cc1Cl)C1=C(CCCC1=O)N2. The molecule has 1 heterocycles. The second kappa shape index (κ2) is 9.58. The normalized spacial score (nSPS) is 18.6. The molecule has 0 aromatic heterocycles. The van der Waals surface area contributed by atoms with Crippen molar-refractivity contribution < 1.29 is 14.3 Å². The number of hydrogen-bond donors (Lipinski definition) is 1. The van der Waals surface area contributed by atoms with Crippen molar-refractivity contribution >= 4 is 58.0 Å². The molecule has 2 aromatic carbocycles. The number of nitrogens with one attached hydrogen (secondary N) is 1. The molecule has 0 unspecified atom stereocenters. The first-order chi connectivity index (χ1) is 16.3. The number of carbonyl (C=O) groups excluding carboxylic acids is 2. The number of dihydropyridines is 1. The molecule has 1 N–H and O–H groups in total. The second-order valence-corrected chi connectivity index (χ2v) is 10.4. The molecular formula is C26H21Cl4NO3. The Morgan fingerprint density at radius 2 is 1.41 bits per heavy atom. The van der Waals surface area contributed by atoms with Gasteiger partial charge in [0, 0.05) is 67.5 Å². The van der Waals surface area contributed by atoms with Crippen molar-refractivity contribution in [3.8, 4) is 5.75 Å². The highest BCUT2D eigenvalue weighted by molar-refractivity contribution is 6.36. The Kier molecular flexibility index (Phi) is 6.69. The number of hydrogen-bond acceptors (Lipinski definition) is 4. The molecule has 2 aromatic rings. The Balaban J connectivity index is 1.64. The molecule has 0 radical (unpaired) electrons. The Morgan fingerprint density at radius 3 is 2.03 bits per heavy atom. The van der Waals surface area contributed by atoms with Crippen LogP contribution in [-0.4, -0.2) is 11.6 Å². The minimum Gasteiger partial charge on any atom is -0.487 e. The van der Waals surface area contributed by atoms with Crippen molar-refractivity contribution in [1.29, 1.82) is 0 Å². The maximum atomic E-state index is 13.2. The number of benzene rings is 2. The van der Waals surface area contributed by atoms with Crippen LogP contribution in [0.15, 0.2) is 52.9 Å². The molecule has 0 bridgehead atoms. The number of ether oxygens (including phenoxy) is 1. The average molecular weight is 537 g/mol. The Morgan fingerprint density at radius 1 is 0.794 bits per heavy atom. The molecule has 0 fully saturated rings. The van der Waals surface area contributed by atoms with E-state index < -0.39 is 5.92 Å². The molecule has 0 spiro atoms. The standard InChI is InChI=1S/C26H21Cl4NO3/c27-14-8-7-13(17(29)10-14)12-34-26-16(9-15(28)11-18(26)30)23-24-19(3-1-5-21(24)32)31-20-4-2-6-22(33)25(20)23/h7-11,23,31H,1-6,12H2. The van der Waals surface area contributed by atoms with E-state index in [1.807, 2.05) is 0 Å². The molecule has 0 amide bonds. The van der Waals surface area contributed by atoms with E-state index in [4.69, 9.17) is 51.1 Å². The zero-order valence-corrected chi connectivity index (χ0v) is 21.2. The van der Waals surface area contributed by atoms with E-state index in [0.29, 0.717) is 55.4 Å². The highest BCUT2D eigenvalue weighted by Gasteiger charge is 2.41. The van der Waals surface area contributed by atoms with E-state index in [2.05, 4.69) is 5.32 Å². The first-order valence-corrected chi connectivity index (χ1v) is 12.7. The summed E-state index contributed by atoms with van der Waals surface area (Å²) in [5.41, 5.74) is 4.36. The number of halogens is 4. The zero-order valence-electron chi connectivity index (χ0n) is 18.2. The van der Waals surface area contributed by atoms with Crippen molar-refractivity contribution in [3.05, 3.63) is 84.1 Å². The summed E-state index contributed by atoms with van der Waals surface area (Å²) in [4.78, 5) is 26.3. The first-order valence-electron chi connectivity index (χ1n) is 11.2. The number of allylic oxidation sites excluding steroid dienone is 4. The van der Waals surface area contributed by atoms with Gasteiger partial charge in [-0.1, -0.05) is 52.5 Å². The quantitative estimate of drug-likeness (QED) is 0.437. The average Bonchev–Trinajstić information content (AvgIpc) is 2.78. The number of ketones is 2. The van der Waals surface area contributed by atoms with Gasteiger partial charge in [0.1, 0.15) is 12.4 Å². The van der Waals surface area contributed by atoms with E-state index in [1.165, 1.54) is 0 Å². The van der Waals surface area contributed by atoms with Gasteiger partial charge in [0.05, 0.1) is 5.02 Å². The summed E-state index contributed by atoms with van der Waals surface area (Å²) in [5, 5.41) is 5.13. The van der Waals surface area contributed by atoms with Gasteiger partial charge in [0.2, 0.25) is 0 Å². The van der Waals surface area contributed by atoms with Gasteiger partial charge >= 0.3 is 0 Å². The van der Waals surface area contributed by atoms with Crippen LogP contribution in [0.2, 0.25) is 20.1 Å².